The molecule has 1 aromatic carbocycles. The SMILES string of the molecule is CCN(CC)C(=O)c1cccc(NC(=O)C2(CN)CCCC2)c1. The average molecular weight is 317 g/mol. The molecule has 0 spiro atoms. The summed E-state index contributed by atoms with van der Waals surface area (Å²) in [7, 11) is 0. The fourth-order valence-electron chi connectivity index (χ4n) is 3.26. The van der Waals surface area contributed by atoms with Crippen LogP contribution in [-0.2, 0) is 4.79 Å². The first-order valence-electron chi connectivity index (χ1n) is 8.47. The molecule has 5 nitrogen and oxygen atoms in total. The topological polar surface area (TPSA) is 75.4 Å². The van der Waals surface area contributed by atoms with E-state index in [1.807, 2.05) is 19.9 Å². The molecule has 1 aliphatic rings. The van der Waals surface area contributed by atoms with Gasteiger partial charge < -0.3 is 16.0 Å². The van der Waals surface area contributed by atoms with Gasteiger partial charge in [0, 0.05) is 30.9 Å². The Balaban J connectivity index is 2.14. The predicted molar refractivity (Wildman–Crippen MR) is 92.3 cm³/mol. The molecular weight excluding hydrogens is 290 g/mol. The highest BCUT2D eigenvalue weighted by atomic mass is 16.2. The molecule has 0 atom stereocenters. The number of rotatable bonds is 6. The van der Waals surface area contributed by atoms with Crippen molar-refractivity contribution in [2.45, 2.75) is 39.5 Å². The van der Waals surface area contributed by atoms with Crippen molar-refractivity contribution in [2.24, 2.45) is 11.1 Å². The van der Waals surface area contributed by atoms with Crippen molar-refractivity contribution in [1.29, 1.82) is 0 Å². The second kappa shape index (κ2) is 7.59. The highest BCUT2D eigenvalue weighted by Crippen LogP contribution is 2.38. The molecule has 3 N–H and O–H groups in total. The zero-order valence-electron chi connectivity index (χ0n) is 14.1. The van der Waals surface area contributed by atoms with E-state index in [-0.39, 0.29) is 11.8 Å². The first-order valence-corrected chi connectivity index (χ1v) is 8.47. The van der Waals surface area contributed by atoms with E-state index in [9.17, 15) is 9.59 Å². The average Bonchev–Trinajstić information content (AvgIpc) is 3.06. The fraction of sp³-hybridized carbons (Fsp3) is 0.556. The number of benzene rings is 1. The van der Waals surface area contributed by atoms with Crippen LogP contribution >= 0.6 is 0 Å². The van der Waals surface area contributed by atoms with Crippen molar-refractivity contribution in [3.05, 3.63) is 29.8 Å². The number of amides is 2. The summed E-state index contributed by atoms with van der Waals surface area (Å²) in [4.78, 5) is 26.8. The third kappa shape index (κ3) is 3.72. The third-order valence-electron chi connectivity index (χ3n) is 4.85. The molecule has 23 heavy (non-hydrogen) atoms. The predicted octanol–water partition coefficient (Wildman–Crippen LogP) is 2.63. The summed E-state index contributed by atoms with van der Waals surface area (Å²) in [5.74, 6) is -0.0366. The van der Waals surface area contributed by atoms with E-state index in [2.05, 4.69) is 5.32 Å². The molecule has 0 unspecified atom stereocenters. The number of nitrogens with two attached hydrogens (primary N) is 1. The minimum absolute atomic E-state index is 0.0134. The Labute approximate surface area is 138 Å². The van der Waals surface area contributed by atoms with E-state index in [4.69, 9.17) is 5.73 Å². The molecule has 0 aliphatic heterocycles. The van der Waals surface area contributed by atoms with E-state index >= 15 is 0 Å². The number of carbonyl (C=O) groups is 2. The summed E-state index contributed by atoms with van der Waals surface area (Å²) in [6, 6.07) is 7.15. The molecule has 0 bridgehead atoms. The Morgan fingerprint density at radius 2 is 1.87 bits per heavy atom. The second-order valence-corrected chi connectivity index (χ2v) is 6.20. The number of hydrogen-bond donors (Lipinski definition) is 2. The normalized spacial score (nSPS) is 16.1. The zero-order chi connectivity index (χ0) is 16.9. The lowest BCUT2D eigenvalue weighted by Gasteiger charge is -2.26. The van der Waals surface area contributed by atoms with Crippen LogP contribution in [0.5, 0.6) is 0 Å². The van der Waals surface area contributed by atoms with Gasteiger partial charge >= 0.3 is 0 Å². The van der Waals surface area contributed by atoms with Crippen LogP contribution in [0.3, 0.4) is 0 Å². The van der Waals surface area contributed by atoms with Crippen LogP contribution in [-0.4, -0.2) is 36.3 Å². The smallest absolute Gasteiger partial charge is 0.253 e. The molecule has 5 heteroatoms. The number of nitrogens with zero attached hydrogens (tertiary/aromatic N) is 1. The maximum Gasteiger partial charge on any atom is 0.253 e. The van der Waals surface area contributed by atoms with Crippen molar-refractivity contribution in [2.75, 3.05) is 25.0 Å². The molecule has 0 heterocycles. The molecule has 2 rings (SSSR count). The molecule has 1 aliphatic carbocycles. The number of hydrogen-bond acceptors (Lipinski definition) is 3. The summed E-state index contributed by atoms with van der Waals surface area (Å²) in [5.41, 5.74) is 6.67. The van der Waals surface area contributed by atoms with Crippen molar-refractivity contribution < 1.29 is 9.59 Å². The molecular formula is C18H27N3O2. The summed E-state index contributed by atoms with van der Waals surface area (Å²) < 4.78 is 0. The van der Waals surface area contributed by atoms with Gasteiger partial charge in [0.2, 0.25) is 5.91 Å². The molecule has 0 radical (unpaired) electrons. The monoisotopic (exact) mass is 317 g/mol. The maximum atomic E-state index is 12.6. The van der Waals surface area contributed by atoms with Gasteiger partial charge in [-0.2, -0.15) is 0 Å². The van der Waals surface area contributed by atoms with Crippen molar-refractivity contribution in [3.8, 4) is 0 Å². The van der Waals surface area contributed by atoms with Gasteiger partial charge in [-0.3, -0.25) is 9.59 Å². The Morgan fingerprint density at radius 1 is 1.22 bits per heavy atom. The molecule has 126 valence electrons. The van der Waals surface area contributed by atoms with Gasteiger partial charge in [0.05, 0.1) is 5.41 Å². The molecule has 1 aromatic rings. The summed E-state index contributed by atoms with van der Waals surface area (Å²) in [6.07, 6.45) is 3.77. The van der Waals surface area contributed by atoms with Crippen molar-refractivity contribution in [3.63, 3.8) is 0 Å². The largest absolute Gasteiger partial charge is 0.339 e. The van der Waals surface area contributed by atoms with Gasteiger partial charge in [0.1, 0.15) is 0 Å². The van der Waals surface area contributed by atoms with Gasteiger partial charge in [0.15, 0.2) is 0 Å². The molecule has 1 fully saturated rings. The molecule has 2 amide bonds. The van der Waals surface area contributed by atoms with Gasteiger partial charge in [-0.05, 0) is 44.9 Å². The highest BCUT2D eigenvalue weighted by Gasteiger charge is 2.39. The lowest BCUT2D eigenvalue weighted by Crippen LogP contribution is -2.40. The highest BCUT2D eigenvalue weighted by molar-refractivity contribution is 5.99. The van der Waals surface area contributed by atoms with E-state index in [1.54, 1.807) is 23.1 Å². The number of anilines is 1. The van der Waals surface area contributed by atoms with Crippen LogP contribution in [0.1, 0.15) is 49.9 Å². The minimum Gasteiger partial charge on any atom is -0.339 e. The summed E-state index contributed by atoms with van der Waals surface area (Å²) in [5, 5.41) is 2.96. The third-order valence-corrected chi connectivity index (χ3v) is 4.85. The van der Waals surface area contributed by atoms with Crippen LogP contribution < -0.4 is 11.1 Å². The van der Waals surface area contributed by atoms with E-state index < -0.39 is 5.41 Å². The maximum absolute atomic E-state index is 12.6. The van der Waals surface area contributed by atoms with Crippen LogP contribution in [0, 0.1) is 5.41 Å². The van der Waals surface area contributed by atoms with Gasteiger partial charge in [0.25, 0.3) is 5.91 Å². The fourth-order valence-corrected chi connectivity index (χ4v) is 3.26. The van der Waals surface area contributed by atoms with E-state index in [1.165, 1.54) is 0 Å². The van der Waals surface area contributed by atoms with E-state index in [0.717, 1.165) is 25.7 Å². The van der Waals surface area contributed by atoms with Crippen molar-refractivity contribution >= 4 is 17.5 Å². The molecule has 0 saturated heterocycles. The summed E-state index contributed by atoms with van der Waals surface area (Å²) in [6.45, 7) is 5.62. The van der Waals surface area contributed by atoms with Crippen LogP contribution in [0.15, 0.2) is 24.3 Å². The quantitative estimate of drug-likeness (QED) is 0.847. The van der Waals surface area contributed by atoms with Crippen LogP contribution in [0.25, 0.3) is 0 Å². The van der Waals surface area contributed by atoms with Gasteiger partial charge in [-0.25, -0.2) is 0 Å². The minimum atomic E-state index is -0.446. The van der Waals surface area contributed by atoms with Crippen molar-refractivity contribution in [1.82, 2.24) is 4.90 Å². The lowest BCUT2D eigenvalue weighted by molar-refractivity contribution is -0.124. The molecule has 0 aromatic heterocycles. The van der Waals surface area contributed by atoms with E-state index in [0.29, 0.717) is 30.9 Å². The van der Waals surface area contributed by atoms with Crippen LogP contribution in [0.2, 0.25) is 0 Å². The lowest BCUT2D eigenvalue weighted by atomic mass is 9.85. The Bertz CT molecular complexity index is 561. The Kier molecular flexibility index (Phi) is 5.77. The summed E-state index contributed by atoms with van der Waals surface area (Å²) >= 11 is 0. The van der Waals surface area contributed by atoms with Gasteiger partial charge in [-0.1, -0.05) is 18.9 Å². The first-order chi connectivity index (χ1) is 11.1. The first kappa shape index (κ1) is 17.5. The number of nitrogens with one attached hydrogen (secondary N) is 1. The second-order valence-electron chi connectivity index (χ2n) is 6.20. The zero-order valence-corrected chi connectivity index (χ0v) is 14.1. The number of carbonyl (C=O) groups excluding carboxylic acids is 2. The molecule has 1 saturated carbocycles. The van der Waals surface area contributed by atoms with Gasteiger partial charge in [-0.15, -0.1) is 0 Å². The Hall–Kier alpha value is -1.88. The standard InChI is InChI=1S/C18H27N3O2/c1-3-21(4-2)16(22)14-8-7-9-15(12-14)20-17(23)18(13-19)10-5-6-11-18/h7-9,12H,3-6,10-11,13,19H2,1-2H3,(H,20,23). The van der Waals surface area contributed by atoms with Crippen LogP contribution in [0.4, 0.5) is 5.69 Å². The Morgan fingerprint density at radius 3 is 2.43 bits per heavy atom.